The zero-order chi connectivity index (χ0) is 15.0. The van der Waals surface area contributed by atoms with Crippen molar-refractivity contribution in [3.8, 4) is 0 Å². The van der Waals surface area contributed by atoms with Gasteiger partial charge in [0.15, 0.2) is 0 Å². The predicted molar refractivity (Wildman–Crippen MR) is 80.3 cm³/mol. The van der Waals surface area contributed by atoms with Crippen molar-refractivity contribution < 1.29 is 14.7 Å². The minimum absolute atomic E-state index is 0.0471. The molecule has 1 aromatic carbocycles. The first-order chi connectivity index (χ1) is 9.44. The van der Waals surface area contributed by atoms with E-state index in [-0.39, 0.29) is 6.54 Å². The number of carbonyl (C=O) groups is 2. The Hall–Kier alpha value is -1.53. The van der Waals surface area contributed by atoms with Gasteiger partial charge in [0.05, 0.1) is 5.60 Å². The summed E-state index contributed by atoms with van der Waals surface area (Å²) >= 11 is 1.47. The van der Waals surface area contributed by atoms with Crippen molar-refractivity contribution in [3.05, 3.63) is 35.9 Å². The number of nitrogens with one attached hydrogen (secondary N) is 2. The highest BCUT2D eigenvalue weighted by molar-refractivity contribution is 7.98. The Morgan fingerprint density at radius 2 is 1.80 bits per heavy atom. The number of carbonyl (C=O) groups excluding carboxylic acids is 2. The molecule has 0 radical (unpaired) electrons. The first-order valence-electron chi connectivity index (χ1n) is 6.26. The van der Waals surface area contributed by atoms with Gasteiger partial charge in [0, 0.05) is 18.8 Å². The van der Waals surface area contributed by atoms with E-state index in [0.717, 1.165) is 5.56 Å². The van der Waals surface area contributed by atoms with Crippen LogP contribution in [0.2, 0.25) is 0 Å². The molecule has 1 unspecified atom stereocenters. The molecule has 0 aromatic heterocycles. The van der Waals surface area contributed by atoms with Crippen LogP contribution >= 0.6 is 11.8 Å². The fourth-order valence-corrected chi connectivity index (χ4v) is 2.30. The third kappa shape index (κ3) is 6.08. The maximum Gasteiger partial charge on any atom is 0.309 e. The molecule has 3 N–H and O–H groups in total. The summed E-state index contributed by atoms with van der Waals surface area (Å²) in [6.07, 6.45) is 1.86. The molecule has 0 saturated carbocycles. The Bertz CT molecular complexity index is 449. The van der Waals surface area contributed by atoms with Crippen LogP contribution in [0.25, 0.3) is 0 Å². The highest BCUT2D eigenvalue weighted by Gasteiger charge is 2.22. The summed E-state index contributed by atoms with van der Waals surface area (Å²) in [5, 5.41) is 14.8. The van der Waals surface area contributed by atoms with Gasteiger partial charge in [-0.25, -0.2) is 0 Å². The van der Waals surface area contributed by atoms with Gasteiger partial charge in [-0.1, -0.05) is 30.3 Å². The highest BCUT2D eigenvalue weighted by atomic mass is 32.2. The van der Waals surface area contributed by atoms with Gasteiger partial charge in [0.25, 0.3) is 0 Å². The molecule has 0 spiro atoms. The van der Waals surface area contributed by atoms with Gasteiger partial charge in [-0.3, -0.25) is 9.59 Å². The van der Waals surface area contributed by atoms with Gasteiger partial charge in [-0.2, -0.15) is 11.8 Å². The first-order valence-corrected chi connectivity index (χ1v) is 7.65. The zero-order valence-corrected chi connectivity index (χ0v) is 12.5. The van der Waals surface area contributed by atoms with Gasteiger partial charge in [0.2, 0.25) is 0 Å². The lowest BCUT2D eigenvalue weighted by Gasteiger charge is -2.22. The van der Waals surface area contributed by atoms with E-state index in [1.165, 1.54) is 11.8 Å². The molecular weight excluding hydrogens is 276 g/mol. The van der Waals surface area contributed by atoms with Gasteiger partial charge < -0.3 is 15.7 Å². The van der Waals surface area contributed by atoms with E-state index in [2.05, 4.69) is 10.6 Å². The second kappa shape index (κ2) is 7.91. The third-order valence-electron chi connectivity index (χ3n) is 2.59. The molecular formula is C14H20N2O3S. The molecule has 5 nitrogen and oxygen atoms in total. The lowest BCUT2D eigenvalue weighted by atomic mass is 10.1. The Labute approximate surface area is 123 Å². The van der Waals surface area contributed by atoms with Crippen LogP contribution in [0.15, 0.2) is 30.3 Å². The maximum absolute atomic E-state index is 11.6. The summed E-state index contributed by atoms with van der Waals surface area (Å²) in [5.41, 5.74) is -0.0996. The molecule has 6 heteroatoms. The molecule has 1 rings (SSSR count). The van der Waals surface area contributed by atoms with E-state index in [4.69, 9.17) is 0 Å². The molecule has 0 aliphatic rings. The minimum Gasteiger partial charge on any atom is -0.387 e. The van der Waals surface area contributed by atoms with Crippen molar-refractivity contribution in [2.45, 2.75) is 19.1 Å². The van der Waals surface area contributed by atoms with Crippen LogP contribution in [0.3, 0.4) is 0 Å². The summed E-state index contributed by atoms with van der Waals surface area (Å²) in [7, 11) is 0. The van der Waals surface area contributed by atoms with E-state index in [1.807, 2.05) is 36.6 Å². The van der Waals surface area contributed by atoms with E-state index in [1.54, 1.807) is 6.92 Å². The number of rotatable bonds is 6. The average Bonchev–Trinajstić information content (AvgIpc) is 2.43. The van der Waals surface area contributed by atoms with Crippen molar-refractivity contribution in [3.63, 3.8) is 0 Å². The Morgan fingerprint density at radius 3 is 2.40 bits per heavy atom. The van der Waals surface area contributed by atoms with E-state index < -0.39 is 17.4 Å². The number of hydrogen-bond donors (Lipinski definition) is 3. The quantitative estimate of drug-likeness (QED) is 0.669. The molecule has 0 fully saturated rings. The molecule has 2 amide bonds. The Kier molecular flexibility index (Phi) is 6.54. The standard InChI is InChI=1S/C14H20N2O3S/c1-14(19,10-20-2)9-16-13(18)12(17)15-8-11-6-4-3-5-7-11/h3-7,19H,8-10H2,1-2H3,(H,15,17)(H,16,18). The van der Waals surface area contributed by atoms with Gasteiger partial charge >= 0.3 is 11.8 Å². The van der Waals surface area contributed by atoms with Crippen LogP contribution in [-0.2, 0) is 16.1 Å². The fraction of sp³-hybridized carbons (Fsp3) is 0.429. The second-order valence-electron chi connectivity index (χ2n) is 4.78. The Balaban J connectivity index is 2.34. The zero-order valence-electron chi connectivity index (χ0n) is 11.7. The molecule has 1 aromatic rings. The highest BCUT2D eigenvalue weighted by Crippen LogP contribution is 2.08. The monoisotopic (exact) mass is 296 g/mol. The minimum atomic E-state index is -1.02. The smallest absolute Gasteiger partial charge is 0.309 e. The van der Waals surface area contributed by atoms with Crippen LogP contribution in [0.1, 0.15) is 12.5 Å². The molecule has 20 heavy (non-hydrogen) atoms. The van der Waals surface area contributed by atoms with Crippen molar-refractivity contribution in [2.24, 2.45) is 0 Å². The topological polar surface area (TPSA) is 78.4 Å². The lowest BCUT2D eigenvalue weighted by molar-refractivity contribution is -0.139. The largest absolute Gasteiger partial charge is 0.387 e. The lowest BCUT2D eigenvalue weighted by Crippen LogP contribution is -2.47. The number of thioether (sulfide) groups is 1. The van der Waals surface area contributed by atoms with Crippen LogP contribution in [0, 0.1) is 0 Å². The molecule has 0 saturated heterocycles. The second-order valence-corrected chi connectivity index (χ2v) is 5.65. The summed E-state index contributed by atoms with van der Waals surface area (Å²) in [5.74, 6) is -0.949. The maximum atomic E-state index is 11.6. The molecule has 110 valence electrons. The van der Waals surface area contributed by atoms with Gasteiger partial charge in [-0.15, -0.1) is 0 Å². The normalized spacial score (nSPS) is 13.3. The summed E-state index contributed by atoms with van der Waals surface area (Å²) in [6, 6.07) is 9.33. The van der Waals surface area contributed by atoms with Gasteiger partial charge in [-0.05, 0) is 18.7 Å². The summed E-state index contributed by atoms with van der Waals surface area (Å²) < 4.78 is 0. The fourth-order valence-electron chi connectivity index (χ4n) is 1.57. The predicted octanol–water partition coefficient (Wildman–Crippen LogP) is 0.533. The van der Waals surface area contributed by atoms with Crippen molar-refractivity contribution in [1.29, 1.82) is 0 Å². The SMILES string of the molecule is CSCC(C)(O)CNC(=O)C(=O)NCc1ccccc1. The number of benzene rings is 1. The number of amides is 2. The van der Waals surface area contributed by atoms with E-state index >= 15 is 0 Å². The van der Waals surface area contributed by atoms with Crippen molar-refractivity contribution in [2.75, 3.05) is 18.6 Å². The van der Waals surface area contributed by atoms with Crippen LogP contribution in [-0.4, -0.2) is 41.1 Å². The van der Waals surface area contributed by atoms with Gasteiger partial charge in [0.1, 0.15) is 0 Å². The van der Waals surface area contributed by atoms with Crippen LogP contribution in [0.4, 0.5) is 0 Å². The van der Waals surface area contributed by atoms with Crippen LogP contribution < -0.4 is 10.6 Å². The first kappa shape index (κ1) is 16.5. The molecule has 0 aliphatic heterocycles. The third-order valence-corrected chi connectivity index (χ3v) is 3.50. The Morgan fingerprint density at radius 1 is 1.20 bits per heavy atom. The van der Waals surface area contributed by atoms with Crippen molar-refractivity contribution in [1.82, 2.24) is 10.6 Å². The summed E-state index contributed by atoms with van der Waals surface area (Å²) in [4.78, 5) is 23.2. The number of hydrogen-bond acceptors (Lipinski definition) is 4. The molecule has 0 heterocycles. The van der Waals surface area contributed by atoms with E-state index in [0.29, 0.717) is 12.3 Å². The van der Waals surface area contributed by atoms with E-state index in [9.17, 15) is 14.7 Å². The molecule has 0 bridgehead atoms. The average molecular weight is 296 g/mol. The molecule has 1 atom stereocenters. The molecule has 0 aliphatic carbocycles. The van der Waals surface area contributed by atoms with Crippen molar-refractivity contribution >= 4 is 23.6 Å². The van der Waals surface area contributed by atoms with Crippen LogP contribution in [0.5, 0.6) is 0 Å². The number of aliphatic hydroxyl groups is 1. The summed E-state index contributed by atoms with van der Waals surface area (Å²) in [6.45, 7) is 1.96.